The van der Waals surface area contributed by atoms with Crippen molar-refractivity contribution in [3.8, 4) is 0 Å². The van der Waals surface area contributed by atoms with Gasteiger partial charge in [-0.05, 0) is 69.6 Å². The molecule has 0 aliphatic carbocycles. The zero-order chi connectivity index (χ0) is 16.0. The molecule has 6 heteroatoms. The first kappa shape index (κ1) is 18.5. The number of rotatable bonds is 6. The van der Waals surface area contributed by atoms with Crippen LogP contribution in [0, 0.1) is 0 Å². The van der Waals surface area contributed by atoms with Crippen molar-refractivity contribution in [2.45, 2.75) is 58.7 Å². The van der Waals surface area contributed by atoms with Crippen molar-refractivity contribution in [3.63, 3.8) is 0 Å². The normalized spacial score (nSPS) is 14.6. The van der Waals surface area contributed by atoms with E-state index in [9.17, 15) is 4.79 Å². The Morgan fingerprint density at radius 1 is 1.43 bits per heavy atom. The molecule has 21 heavy (non-hydrogen) atoms. The van der Waals surface area contributed by atoms with E-state index in [1.807, 2.05) is 27.7 Å². The van der Waals surface area contributed by atoms with Crippen LogP contribution in [0.15, 0.2) is 15.9 Å². The minimum Gasteiger partial charge on any atom is -0.444 e. The summed E-state index contributed by atoms with van der Waals surface area (Å²) in [5.41, 5.74) is -0.455. The Morgan fingerprint density at radius 2 is 2.10 bits per heavy atom. The summed E-state index contributed by atoms with van der Waals surface area (Å²) in [5.74, 6) is 0. The lowest BCUT2D eigenvalue weighted by Gasteiger charge is -2.22. The van der Waals surface area contributed by atoms with E-state index in [1.54, 1.807) is 11.3 Å². The summed E-state index contributed by atoms with van der Waals surface area (Å²) in [4.78, 5) is 12.9. The Balaban J connectivity index is 2.24. The van der Waals surface area contributed by atoms with Crippen LogP contribution in [0.25, 0.3) is 0 Å². The van der Waals surface area contributed by atoms with E-state index in [0.29, 0.717) is 6.04 Å². The van der Waals surface area contributed by atoms with Gasteiger partial charge in [0.15, 0.2) is 0 Å². The van der Waals surface area contributed by atoms with E-state index in [4.69, 9.17) is 4.74 Å². The molecule has 0 aliphatic rings. The fourth-order valence-corrected chi connectivity index (χ4v) is 3.23. The molecule has 0 radical (unpaired) electrons. The van der Waals surface area contributed by atoms with Gasteiger partial charge in [-0.1, -0.05) is 0 Å². The number of thiophene rings is 1. The smallest absolute Gasteiger partial charge is 0.407 e. The van der Waals surface area contributed by atoms with E-state index in [2.05, 4.69) is 44.9 Å². The third-order valence-electron chi connectivity index (χ3n) is 2.81. The van der Waals surface area contributed by atoms with Gasteiger partial charge in [0.25, 0.3) is 0 Å². The van der Waals surface area contributed by atoms with Gasteiger partial charge in [0.2, 0.25) is 0 Å². The van der Waals surface area contributed by atoms with Crippen molar-refractivity contribution >= 4 is 33.4 Å². The second-order valence-corrected chi connectivity index (χ2v) is 8.04. The Kier molecular flexibility index (Phi) is 7.16. The van der Waals surface area contributed by atoms with Crippen LogP contribution >= 0.6 is 27.3 Å². The molecule has 1 aromatic rings. The second-order valence-electron chi connectivity index (χ2n) is 6.18. The van der Waals surface area contributed by atoms with E-state index >= 15 is 0 Å². The van der Waals surface area contributed by atoms with Crippen molar-refractivity contribution in [3.05, 3.63) is 20.8 Å². The van der Waals surface area contributed by atoms with Gasteiger partial charge in [0.05, 0.1) is 0 Å². The van der Waals surface area contributed by atoms with Crippen molar-refractivity contribution in [2.75, 3.05) is 6.54 Å². The molecule has 2 N–H and O–H groups in total. The first-order chi connectivity index (χ1) is 9.67. The second kappa shape index (κ2) is 8.15. The molecule has 2 unspecified atom stereocenters. The van der Waals surface area contributed by atoms with E-state index < -0.39 is 5.60 Å². The lowest BCUT2D eigenvalue weighted by molar-refractivity contribution is 0.0506. The number of carbonyl (C=O) groups is 1. The summed E-state index contributed by atoms with van der Waals surface area (Å²) in [5, 5.41) is 8.39. The maximum absolute atomic E-state index is 11.6. The largest absolute Gasteiger partial charge is 0.444 e. The molecular weight excluding hydrogens is 352 g/mol. The van der Waals surface area contributed by atoms with Crippen LogP contribution in [0.2, 0.25) is 0 Å². The van der Waals surface area contributed by atoms with Crippen LogP contribution in [0.4, 0.5) is 4.79 Å². The molecule has 0 saturated carbocycles. The van der Waals surface area contributed by atoms with Crippen LogP contribution in [0.5, 0.6) is 0 Å². The average molecular weight is 377 g/mol. The Bertz CT molecular complexity index is 457. The highest BCUT2D eigenvalue weighted by Crippen LogP contribution is 2.25. The Labute approximate surface area is 139 Å². The van der Waals surface area contributed by atoms with Gasteiger partial charge in [-0.15, -0.1) is 11.3 Å². The number of alkyl carbamates (subject to hydrolysis) is 1. The summed E-state index contributed by atoms with van der Waals surface area (Å²) in [7, 11) is 0. The molecule has 0 fully saturated rings. The maximum Gasteiger partial charge on any atom is 0.407 e. The molecule has 2 atom stereocenters. The van der Waals surface area contributed by atoms with Crippen molar-refractivity contribution in [1.82, 2.24) is 10.6 Å². The molecule has 1 heterocycles. The number of nitrogens with one attached hydrogen (secondary N) is 2. The number of amides is 1. The predicted molar refractivity (Wildman–Crippen MR) is 91.9 cm³/mol. The van der Waals surface area contributed by atoms with E-state index in [-0.39, 0.29) is 12.1 Å². The van der Waals surface area contributed by atoms with Gasteiger partial charge in [-0.25, -0.2) is 4.79 Å². The quantitative estimate of drug-likeness (QED) is 0.769. The monoisotopic (exact) mass is 376 g/mol. The zero-order valence-electron chi connectivity index (χ0n) is 13.3. The molecule has 1 rings (SSSR count). The Morgan fingerprint density at radius 3 is 2.62 bits per heavy atom. The number of halogens is 1. The highest BCUT2D eigenvalue weighted by atomic mass is 79.9. The topological polar surface area (TPSA) is 50.4 Å². The van der Waals surface area contributed by atoms with Crippen LogP contribution in [0.1, 0.15) is 52.0 Å². The SMILES string of the molecule is CC(CCNC(C)c1cc(Br)cs1)NC(=O)OC(C)(C)C. The minimum absolute atomic E-state index is 0.0784. The van der Waals surface area contributed by atoms with Crippen LogP contribution in [-0.4, -0.2) is 24.3 Å². The minimum atomic E-state index is -0.455. The predicted octanol–water partition coefficient (Wildman–Crippen LogP) is 4.46. The lowest BCUT2D eigenvalue weighted by Crippen LogP contribution is -2.39. The van der Waals surface area contributed by atoms with E-state index in [1.165, 1.54) is 4.88 Å². The maximum atomic E-state index is 11.6. The number of carbonyl (C=O) groups excluding carboxylic acids is 1. The summed E-state index contributed by atoms with van der Waals surface area (Å²) in [6.07, 6.45) is 0.501. The highest BCUT2D eigenvalue weighted by molar-refractivity contribution is 9.10. The molecule has 0 aliphatic heterocycles. The van der Waals surface area contributed by atoms with Crippen molar-refractivity contribution in [1.29, 1.82) is 0 Å². The molecule has 1 amide bonds. The molecule has 0 saturated heterocycles. The van der Waals surface area contributed by atoms with Crippen LogP contribution < -0.4 is 10.6 Å². The third kappa shape index (κ3) is 7.83. The molecule has 0 bridgehead atoms. The van der Waals surface area contributed by atoms with Crippen LogP contribution in [0.3, 0.4) is 0 Å². The molecule has 4 nitrogen and oxygen atoms in total. The standard InChI is InChI=1S/C15H25BrN2O2S/c1-10(18-14(19)20-15(3,4)5)6-7-17-11(2)13-8-12(16)9-21-13/h8-11,17H,6-7H2,1-5H3,(H,18,19). The number of hydrogen-bond donors (Lipinski definition) is 2. The lowest BCUT2D eigenvalue weighted by atomic mass is 10.2. The summed E-state index contributed by atoms with van der Waals surface area (Å²) in [6, 6.07) is 2.52. The molecule has 1 aromatic heterocycles. The highest BCUT2D eigenvalue weighted by Gasteiger charge is 2.17. The number of ether oxygens (including phenoxy) is 1. The summed E-state index contributed by atoms with van der Waals surface area (Å²) >= 11 is 5.20. The van der Waals surface area contributed by atoms with Gasteiger partial charge >= 0.3 is 6.09 Å². The zero-order valence-corrected chi connectivity index (χ0v) is 15.7. The van der Waals surface area contributed by atoms with Gasteiger partial charge in [0, 0.05) is 26.8 Å². The Hall–Kier alpha value is -0.590. The average Bonchev–Trinajstić information content (AvgIpc) is 2.72. The molecule has 0 spiro atoms. The van der Waals surface area contributed by atoms with Gasteiger partial charge < -0.3 is 15.4 Å². The molecule has 0 aromatic carbocycles. The molecule has 120 valence electrons. The fourth-order valence-electron chi connectivity index (χ4n) is 1.75. The van der Waals surface area contributed by atoms with Crippen LogP contribution in [-0.2, 0) is 4.74 Å². The number of hydrogen-bond acceptors (Lipinski definition) is 4. The summed E-state index contributed by atoms with van der Waals surface area (Å²) in [6.45, 7) is 10.6. The third-order valence-corrected chi connectivity index (χ3v) is 4.68. The van der Waals surface area contributed by atoms with Gasteiger partial charge in [-0.2, -0.15) is 0 Å². The van der Waals surface area contributed by atoms with Crippen molar-refractivity contribution < 1.29 is 9.53 Å². The van der Waals surface area contributed by atoms with Crippen molar-refractivity contribution in [2.24, 2.45) is 0 Å². The first-order valence-corrected chi connectivity index (χ1v) is 8.81. The summed E-state index contributed by atoms with van der Waals surface area (Å²) < 4.78 is 6.36. The van der Waals surface area contributed by atoms with Gasteiger partial charge in [-0.3, -0.25) is 0 Å². The van der Waals surface area contributed by atoms with Gasteiger partial charge in [0.1, 0.15) is 5.60 Å². The first-order valence-electron chi connectivity index (χ1n) is 7.14. The molecular formula is C15H25BrN2O2S. The van der Waals surface area contributed by atoms with E-state index in [0.717, 1.165) is 17.4 Å². The fraction of sp³-hybridized carbons (Fsp3) is 0.667.